The standard InChI is InChI=1S/C16H16N2O5S/c1-16(2)6-9-4-3-5-11(13(9)23-16)22-7-12(19)18-15-17-10(8-24-15)14(20)21/h3-5,8H,6-7H2,1-2H3,(H,20,21)(H,17,18,19). The van der Waals surface area contributed by atoms with Gasteiger partial charge in [0.15, 0.2) is 28.9 Å². The largest absolute Gasteiger partial charge is 0.483 e. The summed E-state index contributed by atoms with van der Waals surface area (Å²) in [5.74, 6) is -0.380. The zero-order valence-corrected chi connectivity index (χ0v) is 14.0. The highest BCUT2D eigenvalue weighted by molar-refractivity contribution is 7.14. The smallest absolute Gasteiger partial charge is 0.355 e. The molecule has 2 heterocycles. The molecule has 0 aliphatic carbocycles. The van der Waals surface area contributed by atoms with Crippen molar-refractivity contribution in [1.82, 2.24) is 4.98 Å². The number of nitrogens with one attached hydrogen (secondary N) is 1. The molecule has 0 fully saturated rings. The number of para-hydroxylation sites is 1. The van der Waals surface area contributed by atoms with Crippen molar-refractivity contribution in [2.45, 2.75) is 25.9 Å². The van der Waals surface area contributed by atoms with Gasteiger partial charge in [-0.1, -0.05) is 12.1 Å². The molecule has 0 unspecified atom stereocenters. The highest BCUT2D eigenvalue weighted by Gasteiger charge is 2.32. The molecule has 0 spiro atoms. The summed E-state index contributed by atoms with van der Waals surface area (Å²) >= 11 is 1.04. The molecule has 24 heavy (non-hydrogen) atoms. The van der Waals surface area contributed by atoms with Crippen molar-refractivity contribution >= 4 is 28.3 Å². The number of nitrogens with zero attached hydrogens (tertiary/aromatic N) is 1. The minimum absolute atomic E-state index is 0.104. The van der Waals surface area contributed by atoms with E-state index in [9.17, 15) is 9.59 Å². The van der Waals surface area contributed by atoms with Crippen molar-refractivity contribution in [3.05, 3.63) is 34.8 Å². The van der Waals surface area contributed by atoms with Crippen LogP contribution in [0.5, 0.6) is 11.5 Å². The average molecular weight is 348 g/mol. The lowest BCUT2D eigenvalue weighted by Crippen LogP contribution is -2.25. The third kappa shape index (κ3) is 3.48. The lowest BCUT2D eigenvalue weighted by atomic mass is 10.0. The molecule has 1 aromatic carbocycles. The molecule has 2 aromatic rings. The van der Waals surface area contributed by atoms with E-state index in [0.29, 0.717) is 11.5 Å². The van der Waals surface area contributed by atoms with Crippen LogP contribution in [0, 0.1) is 0 Å². The molecule has 0 saturated heterocycles. The van der Waals surface area contributed by atoms with E-state index in [1.807, 2.05) is 26.0 Å². The first-order valence-electron chi connectivity index (χ1n) is 7.26. The Labute approximate surface area is 142 Å². The van der Waals surface area contributed by atoms with Gasteiger partial charge in [0.25, 0.3) is 5.91 Å². The van der Waals surface area contributed by atoms with E-state index in [4.69, 9.17) is 14.6 Å². The van der Waals surface area contributed by atoms with Crippen molar-refractivity contribution in [2.24, 2.45) is 0 Å². The van der Waals surface area contributed by atoms with Gasteiger partial charge in [-0.25, -0.2) is 9.78 Å². The number of carboxylic acids is 1. The Hall–Kier alpha value is -2.61. The third-order valence-electron chi connectivity index (χ3n) is 3.38. The fourth-order valence-corrected chi connectivity index (χ4v) is 3.13. The number of carboxylic acid groups (broad SMARTS) is 1. The predicted molar refractivity (Wildman–Crippen MR) is 88.1 cm³/mol. The number of benzene rings is 1. The number of thiazole rings is 1. The van der Waals surface area contributed by atoms with E-state index in [1.54, 1.807) is 6.07 Å². The van der Waals surface area contributed by atoms with Crippen LogP contribution in [0.2, 0.25) is 0 Å². The number of amides is 1. The Morgan fingerprint density at radius 1 is 1.46 bits per heavy atom. The van der Waals surface area contributed by atoms with Gasteiger partial charge in [-0.3, -0.25) is 10.1 Å². The van der Waals surface area contributed by atoms with Crippen LogP contribution in [0.3, 0.4) is 0 Å². The average Bonchev–Trinajstić information content (AvgIpc) is 3.07. The summed E-state index contributed by atoms with van der Waals surface area (Å²) < 4.78 is 11.4. The number of carbonyl (C=O) groups excluding carboxylic acids is 1. The number of anilines is 1. The van der Waals surface area contributed by atoms with Crippen molar-refractivity contribution < 1.29 is 24.2 Å². The lowest BCUT2D eigenvalue weighted by Gasteiger charge is -2.18. The van der Waals surface area contributed by atoms with Crippen LogP contribution in [-0.4, -0.2) is 34.2 Å². The summed E-state index contributed by atoms with van der Waals surface area (Å²) in [6.45, 7) is 3.76. The molecule has 1 amide bonds. The maximum absolute atomic E-state index is 11.9. The maximum atomic E-state index is 11.9. The van der Waals surface area contributed by atoms with Crippen LogP contribution in [0.4, 0.5) is 5.13 Å². The molecule has 8 heteroatoms. The van der Waals surface area contributed by atoms with Crippen molar-refractivity contribution in [2.75, 3.05) is 11.9 Å². The fourth-order valence-electron chi connectivity index (χ4n) is 2.43. The summed E-state index contributed by atoms with van der Waals surface area (Å²) in [5, 5.41) is 12.9. The predicted octanol–water partition coefficient (Wildman–Crippen LogP) is 2.57. The molecule has 0 radical (unpaired) electrons. The fraction of sp³-hybridized carbons (Fsp3) is 0.312. The highest BCUT2D eigenvalue weighted by Crippen LogP contribution is 2.41. The Bertz CT molecular complexity index is 800. The molecule has 3 rings (SSSR count). The van der Waals surface area contributed by atoms with Gasteiger partial charge in [0, 0.05) is 17.4 Å². The lowest BCUT2D eigenvalue weighted by molar-refractivity contribution is -0.118. The van der Waals surface area contributed by atoms with Crippen molar-refractivity contribution in [1.29, 1.82) is 0 Å². The van der Waals surface area contributed by atoms with Crippen molar-refractivity contribution in [3.8, 4) is 11.5 Å². The number of aromatic carboxylic acids is 1. The van der Waals surface area contributed by atoms with Crippen LogP contribution in [0.25, 0.3) is 0 Å². The van der Waals surface area contributed by atoms with Crippen LogP contribution >= 0.6 is 11.3 Å². The number of hydrogen-bond acceptors (Lipinski definition) is 6. The highest BCUT2D eigenvalue weighted by atomic mass is 32.1. The Morgan fingerprint density at radius 2 is 2.25 bits per heavy atom. The molecule has 0 saturated carbocycles. The SMILES string of the molecule is CC1(C)Cc2cccc(OCC(=O)Nc3nc(C(=O)O)cs3)c2O1. The van der Waals surface area contributed by atoms with Crippen LogP contribution in [0.15, 0.2) is 23.6 Å². The maximum Gasteiger partial charge on any atom is 0.355 e. The van der Waals surface area contributed by atoms with Crippen molar-refractivity contribution in [3.63, 3.8) is 0 Å². The molecule has 0 atom stereocenters. The van der Waals surface area contributed by atoms with E-state index < -0.39 is 11.9 Å². The molecule has 7 nitrogen and oxygen atoms in total. The van der Waals surface area contributed by atoms with Gasteiger partial charge in [0.1, 0.15) is 5.60 Å². The van der Waals surface area contributed by atoms with Gasteiger partial charge in [-0.2, -0.15) is 0 Å². The first-order chi connectivity index (χ1) is 11.3. The number of aromatic nitrogens is 1. The van der Waals surface area contributed by atoms with E-state index in [0.717, 1.165) is 23.3 Å². The zero-order valence-electron chi connectivity index (χ0n) is 13.2. The van der Waals surface area contributed by atoms with E-state index in [-0.39, 0.29) is 23.0 Å². The quantitative estimate of drug-likeness (QED) is 0.862. The number of hydrogen-bond donors (Lipinski definition) is 2. The monoisotopic (exact) mass is 348 g/mol. The Kier molecular flexibility index (Phi) is 4.15. The normalized spacial score (nSPS) is 14.6. The van der Waals surface area contributed by atoms with Crippen LogP contribution in [0.1, 0.15) is 29.9 Å². The molecule has 1 aliphatic heterocycles. The van der Waals surface area contributed by atoms with E-state index in [2.05, 4.69) is 10.3 Å². The summed E-state index contributed by atoms with van der Waals surface area (Å²) in [7, 11) is 0. The summed E-state index contributed by atoms with van der Waals surface area (Å²) in [4.78, 5) is 26.5. The van der Waals surface area contributed by atoms with Gasteiger partial charge in [-0.05, 0) is 19.9 Å². The van der Waals surface area contributed by atoms with Gasteiger partial charge in [-0.15, -0.1) is 11.3 Å². The molecule has 126 valence electrons. The second-order valence-corrected chi connectivity index (χ2v) is 6.82. The topological polar surface area (TPSA) is 97.8 Å². The minimum Gasteiger partial charge on any atom is -0.483 e. The molecule has 0 bridgehead atoms. The molecule has 2 N–H and O–H groups in total. The molecule has 1 aliphatic rings. The van der Waals surface area contributed by atoms with Crippen LogP contribution < -0.4 is 14.8 Å². The molecular formula is C16H16N2O5S. The Morgan fingerprint density at radius 3 is 2.96 bits per heavy atom. The molecule has 1 aromatic heterocycles. The van der Waals surface area contributed by atoms with E-state index in [1.165, 1.54) is 5.38 Å². The van der Waals surface area contributed by atoms with Gasteiger partial charge >= 0.3 is 5.97 Å². The zero-order chi connectivity index (χ0) is 17.3. The summed E-state index contributed by atoms with van der Waals surface area (Å²) in [5.41, 5.74) is 0.648. The number of carbonyl (C=O) groups is 2. The third-order valence-corrected chi connectivity index (χ3v) is 4.14. The van der Waals surface area contributed by atoms with Gasteiger partial charge < -0.3 is 14.6 Å². The van der Waals surface area contributed by atoms with Gasteiger partial charge in [0.05, 0.1) is 0 Å². The first kappa shape index (κ1) is 16.3. The van der Waals surface area contributed by atoms with Crippen LogP contribution in [-0.2, 0) is 11.2 Å². The number of rotatable bonds is 5. The second-order valence-electron chi connectivity index (χ2n) is 5.96. The van der Waals surface area contributed by atoms with Gasteiger partial charge in [0.2, 0.25) is 0 Å². The Balaban J connectivity index is 1.61. The second kappa shape index (κ2) is 6.12. The number of ether oxygens (including phenoxy) is 2. The minimum atomic E-state index is -1.14. The summed E-state index contributed by atoms with van der Waals surface area (Å²) in [6, 6.07) is 5.58. The molecular weight excluding hydrogens is 332 g/mol. The summed E-state index contributed by atoms with van der Waals surface area (Å²) in [6.07, 6.45) is 0.781. The first-order valence-corrected chi connectivity index (χ1v) is 8.14. The number of fused-ring (bicyclic) bond motifs is 1. The van der Waals surface area contributed by atoms with E-state index >= 15 is 0 Å².